The van der Waals surface area contributed by atoms with Crippen molar-refractivity contribution in [2.24, 2.45) is 5.92 Å². The molecule has 3 amide bonds. The van der Waals surface area contributed by atoms with E-state index in [-0.39, 0.29) is 35.0 Å². The number of amides is 3. The predicted molar refractivity (Wildman–Crippen MR) is 154 cm³/mol. The summed E-state index contributed by atoms with van der Waals surface area (Å²) in [5.74, 6) is -1.13. The van der Waals surface area contributed by atoms with E-state index in [1.54, 1.807) is 67.8 Å². The van der Waals surface area contributed by atoms with Gasteiger partial charge >= 0.3 is 4.87 Å². The number of anilines is 2. The van der Waals surface area contributed by atoms with Gasteiger partial charge in [-0.05, 0) is 66.2 Å². The molecular formula is C29H23N3O7S2. The molecule has 0 saturated carbocycles. The van der Waals surface area contributed by atoms with E-state index in [0.717, 1.165) is 16.9 Å². The van der Waals surface area contributed by atoms with Crippen LogP contribution >= 0.6 is 23.1 Å². The first-order chi connectivity index (χ1) is 19.8. The Morgan fingerprint density at radius 2 is 1.63 bits per heavy atom. The average molecular weight is 590 g/mol. The second kappa shape index (κ2) is 10.8. The van der Waals surface area contributed by atoms with Crippen LogP contribution in [0.25, 0.3) is 0 Å². The van der Waals surface area contributed by atoms with Crippen LogP contribution in [0, 0.1) is 5.92 Å². The molecule has 0 spiro atoms. The number of rotatable bonds is 7. The molecule has 2 aliphatic heterocycles. The molecule has 3 unspecified atom stereocenters. The Bertz CT molecular complexity index is 1680. The van der Waals surface area contributed by atoms with Gasteiger partial charge in [0.15, 0.2) is 6.61 Å². The summed E-state index contributed by atoms with van der Waals surface area (Å²) in [7, 11) is 1.54. The number of hydrogen-bond donors (Lipinski definition) is 3. The number of nitrogens with one attached hydrogen (secondary N) is 2. The minimum atomic E-state index is -0.712. The Balaban J connectivity index is 1.23. The summed E-state index contributed by atoms with van der Waals surface area (Å²) in [6.07, 6.45) is 0. The molecule has 0 aliphatic carbocycles. The van der Waals surface area contributed by atoms with E-state index >= 15 is 0 Å². The number of benzene rings is 3. The molecule has 41 heavy (non-hydrogen) atoms. The van der Waals surface area contributed by atoms with Crippen molar-refractivity contribution in [1.29, 1.82) is 0 Å². The normalized spacial score (nSPS) is 19.4. The molecule has 0 bridgehead atoms. The number of carbonyl (C=O) groups excluding carboxylic acids is 3. The van der Waals surface area contributed by atoms with Crippen molar-refractivity contribution in [3.63, 3.8) is 0 Å². The van der Waals surface area contributed by atoms with Crippen LogP contribution < -0.4 is 24.6 Å². The molecule has 4 aromatic rings. The van der Waals surface area contributed by atoms with Crippen molar-refractivity contribution in [2.45, 2.75) is 16.2 Å². The number of aromatic amines is 1. The highest BCUT2D eigenvalue weighted by atomic mass is 32.2. The van der Waals surface area contributed by atoms with Crippen LogP contribution in [0.3, 0.4) is 0 Å². The number of thioether (sulfide) groups is 1. The molecule has 10 nitrogen and oxygen atoms in total. The van der Waals surface area contributed by atoms with E-state index in [0.29, 0.717) is 32.8 Å². The summed E-state index contributed by atoms with van der Waals surface area (Å²) in [6, 6.07) is 19.8. The smallest absolute Gasteiger partial charge is 0.305 e. The molecule has 6 rings (SSSR count). The number of imide groups is 1. The number of H-pyrrole nitrogens is 1. The molecule has 1 aromatic heterocycles. The fourth-order valence-corrected chi connectivity index (χ4v) is 7.54. The van der Waals surface area contributed by atoms with Crippen LogP contribution in [-0.2, 0) is 14.4 Å². The van der Waals surface area contributed by atoms with Crippen LogP contribution in [0.5, 0.6) is 17.2 Å². The van der Waals surface area contributed by atoms with Crippen LogP contribution in [-0.4, -0.2) is 46.8 Å². The van der Waals surface area contributed by atoms with Gasteiger partial charge in [0.05, 0.1) is 23.7 Å². The Labute approximate surface area is 241 Å². The molecular weight excluding hydrogens is 566 g/mol. The first kappa shape index (κ1) is 26.7. The van der Waals surface area contributed by atoms with Crippen molar-refractivity contribution in [2.75, 3.05) is 23.9 Å². The average Bonchev–Trinajstić information content (AvgIpc) is 3.47. The first-order valence-corrected chi connectivity index (χ1v) is 14.2. The van der Waals surface area contributed by atoms with E-state index in [4.69, 9.17) is 9.47 Å². The van der Waals surface area contributed by atoms with Gasteiger partial charge in [0, 0.05) is 16.5 Å². The van der Waals surface area contributed by atoms with Crippen LogP contribution in [0.15, 0.2) is 82.6 Å². The quantitative estimate of drug-likeness (QED) is 0.218. The minimum absolute atomic E-state index is 0.0957. The monoisotopic (exact) mass is 589 g/mol. The summed E-state index contributed by atoms with van der Waals surface area (Å²) in [5, 5.41) is 12.0. The highest BCUT2D eigenvalue weighted by Crippen LogP contribution is 2.53. The van der Waals surface area contributed by atoms with Gasteiger partial charge in [-0.2, -0.15) is 0 Å². The maximum Gasteiger partial charge on any atom is 0.305 e. The number of phenols is 1. The lowest BCUT2D eigenvalue weighted by Crippen LogP contribution is -2.32. The van der Waals surface area contributed by atoms with E-state index in [1.165, 1.54) is 28.8 Å². The highest BCUT2D eigenvalue weighted by molar-refractivity contribution is 8.00. The van der Waals surface area contributed by atoms with E-state index < -0.39 is 17.1 Å². The number of ether oxygens (including phenoxy) is 2. The van der Waals surface area contributed by atoms with Gasteiger partial charge in [-0.3, -0.25) is 19.2 Å². The number of methoxy groups -OCH3 is 1. The number of thiazole rings is 1. The zero-order valence-corrected chi connectivity index (χ0v) is 23.2. The van der Waals surface area contributed by atoms with Gasteiger partial charge in [0.25, 0.3) is 5.91 Å². The van der Waals surface area contributed by atoms with Gasteiger partial charge in [-0.1, -0.05) is 35.2 Å². The number of carbonyl (C=O) groups is 3. The lowest BCUT2D eigenvalue weighted by Gasteiger charge is -2.29. The van der Waals surface area contributed by atoms with Gasteiger partial charge < -0.3 is 24.9 Å². The van der Waals surface area contributed by atoms with Gasteiger partial charge in [-0.25, -0.2) is 4.90 Å². The topological polar surface area (TPSA) is 138 Å². The van der Waals surface area contributed by atoms with Crippen molar-refractivity contribution in [3.8, 4) is 17.2 Å². The molecule has 1 fully saturated rings. The van der Waals surface area contributed by atoms with Crippen molar-refractivity contribution < 1.29 is 29.0 Å². The molecule has 3 atom stereocenters. The van der Waals surface area contributed by atoms with E-state index in [1.807, 2.05) is 0 Å². The molecule has 3 heterocycles. The van der Waals surface area contributed by atoms with Gasteiger partial charge in [-0.15, -0.1) is 0 Å². The summed E-state index contributed by atoms with van der Waals surface area (Å²) >= 11 is 2.25. The molecule has 12 heteroatoms. The minimum Gasteiger partial charge on any atom is -0.508 e. The number of hydrogen-bond acceptors (Lipinski definition) is 9. The lowest BCUT2D eigenvalue weighted by molar-refractivity contribution is -0.122. The number of aromatic hydroxyl groups is 1. The Morgan fingerprint density at radius 3 is 2.32 bits per heavy atom. The van der Waals surface area contributed by atoms with Crippen LogP contribution in [0.2, 0.25) is 0 Å². The molecule has 1 saturated heterocycles. The molecule has 0 radical (unpaired) electrons. The second-order valence-electron chi connectivity index (χ2n) is 9.41. The van der Waals surface area contributed by atoms with E-state index in [9.17, 15) is 24.3 Å². The van der Waals surface area contributed by atoms with Crippen molar-refractivity contribution in [1.82, 2.24) is 4.98 Å². The number of fused-ring (bicyclic) bond motifs is 2. The lowest BCUT2D eigenvalue weighted by atomic mass is 9.83. The Kier molecular flexibility index (Phi) is 7.01. The summed E-state index contributed by atoms with van der Waals surface area (Å²) in [6.45, 7) is -0.238. The van der Waals surface area contributed by atoms with Crippen LogP contribution in [0.4, 0.5) is 11.4 Å². The standard InChI is InChI=1S/C29H23N3O7S2/c1-38-19-12-6-17(7-13-19)32-27(35)23-22(24-26(31-29(37)41-24)40-25(23)28(32)36)15-2-10-20(11-3-15)39-14-21(34)30-16-4-8-18(33)9-5-16/h2-13,22-23,25,33H,14H2,1H3,(H,30,34)(H,31,37). The zero-order chi connectivity index (χ0) is 28.7. The maximum atomic E-state index is 13.8. The zero-order valence-electron chi connectivity index (χ0n) is 21.5. The third-order valence-electron chi connectivity index (χ3n) is 6.91. The van der Waals surface area contributed by atoms with Crippen molar-refractivity contribution >= 4 is 52.2 Å². The molecule has 3 aromatic carbocycles. The number of aromatic nitrogens is 1. The highest BCUT2D eigenvalue weighted by Gasteiger charge is 2.56. The third-order valence-corrected chi connectivity index (χ3v) is 9.32. The largest absolute Gasteiger partial charge is 0.508 e. The molecule has 3 N–H and O–H groups in total. The van der Waals surface area contributed by atoms with E-state index in [2.05, 4.69) is 10.3 Å². The van der Waals surface area contributed by atoms with Gasteiger partial charge in [0.2, 0.25) is 11.8 Å². The SMILES string of the molecule is COc1ccc(N2C(=O)C3Sc4[nH]c(=O)sc4C(c4ccc(OCC(=O)Nc5ccc(O)cc5)cc4)C3C2=O)cc1. The summed E-state index contributed by atoms with van der Waals surface area (Å²) < 4.78 is 10.8. The maximum absolute atomic E-state index is 13.8. The molecule has 2 aliphatic rings. The number of phenolic OH excluding ortho intramolecular Hbond substituents is 1. The Hall–Kier alpha value is -4.55. The number of nitrogens with zero attached hydrogens (tertiary/aromatic N) is 1. The summed E-state index contributed by atoms with van der Waals surface area (Å²) in [5.41, 5.74) is 1.73. The molecule has 208 valence electrons. The van der Waals surface area contributed by atoms with Gasteiger partial charge in [0.1, 0.15) is 22.5 Å². The first-order valence-electron chi connectivity index (χ1n) is 12.6. The fraction of sp³-hybridized carbons (Fsp3) is 0.172. The van der Waals surface area contributed by atoms with Crippen LogP contribution in [0.1, 0.15) is 16.4 Å². The predicted octanol–water partition coefficient (Wildman–Crippen LogP) is 3.96. The fourth-order valence-electron chi connectivity index (χ4n) is 5.02. The van der Waals surface area contributed by atoms with Crippen molar-refractivity contribution in [3.05, 3.63) is 92.9 Å². The summed E-state index contributed by atoms with van der Waals surface area (Å²) in [4.78, 5) is 56.4. The third kappa shape index (κ3) is 5.07. The Morgan fingerprint density at radius 1 is 0.951 bits per heavy atom. The second-order valence-corrected chi connectivity index (χ2v) is 11.6.